The lowest BCUT2D eigenvalue weighted by Gasteiger charge is -2.11. The van der Waals surface area contributed by atoms with Crippen LogP contribution in [0.25, 0.3) is 28.2 Å². The second kappa shape index (κ2) is 7.08. The fourth-order valence-electron chi connectivity index (χ4n) is 3.37. The van der Waals surface area contributed by atoms with E-state index in [4.69, 9.17) is 9.72 Å². The van der Waals surface area contributed by atoms with Crippen LogP contribution in [-0.4, -0.2) is 14.5 Å². The van der Waals surface area contributed by atoms with Crippen molar-refractivity contribution in [2.24, 2.45) is 0 Å². The van der Waals surface area contributed by atoms with E-state index in [0.717, 1.165) is 39.6 Å². The van der Waals surface area contributed by atoms with Crippen molar-refractivity contribution in [3.8, 4) is 23.0 Å². The second-order valence-corrected chi connectivity index (χ2v) is 6.61. The summed E-state index contributed by atoms with van der Waals surface area (Å²) in [4.78, 5) is 8.10. The number of para-hydroxylation sites is 2. The molecular formula is C24H19N3O. The summed E-state index contributed by atoms with van der Waals surface area (Å²) in [6.07, 6.45) is 1.92. The summed E-state index contributed by atoms with van der Waals surface area (Å²) in [5, 5.41) is 0. The molecule has 0 aliphatic rings. The van der Waals surface area contributed by atoms with Crippen LogP contribution in [0.5, 0.6) is 5.75 Å². The molecule has 0 amide bonds. The predicted octanol–water partition coefficient (Wildman–Crippen LogP) is 5.60. The van der Waals surface area contributed by atoms with E-state index in [0.29, 0.717) is 6.61 Å². The minimum Gasteiger partial charge on any atom is -0.489 e. The van der Waals surface area contributed by atoms with Crippen LogP contribution < -0.4 is 4.74 Å². The van der Waals surface area contributed by atoms with Crippen molar-refractivity contribution in [1.82, 2.24) is 14.5 Å². The van der Waals surface area contributed by atoms with Gasteiger partial charge in [-0.2, -0.15) is 0 Å². The number of hydrogen-bond donors (Lipinski definition) is 1. The molecule has 5 aromatic rings. The highest BCUT2D eigenvalue weighted by molar-refractivity contribution is 5.82. The van der Waals surface area contributed by atoms with Gasteiger partial charge in [0.25, 0.3) is 0 Å². The molecule has 4 heteroatoms. The molecule has 0 unspecified atom stereocenters. The second-order valence-electron chi connectivity index (χ2n) is 6.61. The number of nitrogens with zero attached hydrogens (tertiary/aromatic N) is 2. The zero-order valence-corrected chi connectivity index (χ0v) is 15.2. The normalized spacial score (nSPS) is 11.0. The molecule has 0 aliphatic carbocycles. The van der Waals surface area contributed by atoms with Gasteiger partial charge in [-0.25, -0.2) is 4.98 Å². The molecule has 0 radical (unpaired) electrons. The minimum absolute atomic E-state index is 0.557. The zero-order chi connectivity index (χ0) is 18.8. The highest BCUT2D eigenvalue weighted by Gasteiger charge is 2.14. The highest BCUT2D eigenvalue weighted by atomic mass is 16.5. The van der Waals surface area contributed by atoms with Gasteiger partial charge in [0.05, 0.1) is 16.7 Å². The fourth-order valence-corrected chi connectivity index (χ4v) is 3.37. The van der Waals surface area contributed by atoms with Gasteiger partial charge in [0.1, 0.15) is 12.4 Å². The molecular weight excluding hydrogens is 346 g/mol. The minimum atomic E-state index is 0.557. The molecule has 5 rings (SSSR count). The monoisotopic (exact) mass is 365 g/mol. The largest absolute Gasteiger partial charge is 0.489 e. The van der Waals surface area contributed by atoms with Crippen molar-refractivity contribution < 1.29 is 4.74 Å². The fraction of sp³-hybridized carbons (Fsp3) is 0.0417. The molecule has 0 saturated heterocycles. The summed E-state index contributed by atoms with van der Waals surface area (Å²) >= 11 is 0. The van der Waals surface area contributed by atoms with Gasteiger partial charge in [0, 0.05) is 11.9 Å². The Morgan fingerprint density at radius 1 is 0.786 bits per heavy atom. The number of ether oxygens (including phenoxy) is 1. The summed E-state index contributed by atoms with van der Waals surface area (Å²) in [7, 11) is 0. The number of imidazole rings is 1. The molecule has 0 aliphatic heterocycles. The molecule has 3 aromatic carbocycles. The molecule has 28 heavy (non-hydrogen) atoms. The van der Waals surface area contributed by atoms with Crippen LogP contribution in [0.4, 0.5) is 0 Å². The Bertz CT molecular complexity index is 1190. The van der Waals surface area contributed by atoms with Crippen molar-refractivity contribution in [3.63, 3.8) is 0 Å². The molecule has 1 N–H and O–H groups in total. The van der Waals surface area contributed by atoms with Gasteiger partial charge >= 0.3 is 0 Å². The first kappa shape index (κ1) is 16.4. The predicted molar refractivity (Wildman–Crippen MR) is 112 cm³/mol. The third-order valence-corrected chi connectivity index (χ3v) is 4.74. The van der Waals surface area contributed by atoms with Crippen molar-refractivity contribution in [3.05, 3.63) is 103 Å². The molecule has 136 valence electrons. The Morgan fingerprint density at radius 3 is 2.36 bits per heavy atom. The maximum atomic E-state index is 5.92. The van der Waals surface area contributed by atoms with Gasteiger partial charge < -0.3 is 9.72 Å². The quantitative estimate of drug-likeness (QED) is 0.440. The van der Waals surface area contributed by atoms with E-state index in [1.165, 1.54) is 0 Å². The average molecular weight is 365 g/mol. The summed E-state index contributed by atoms with van der Waals surface area (Å²) in [6.45, 7) is 0.557. The van der Waals surface area contributed by atoms with Crippen molar-refractivity contribution in [1.29, 1.82) is 0 Å². The Hall–Kier alpha value is -3.79. The lowest BCUT2D eigenvalue weighted by Crippen LogP contribution is -1.99. The van der Waals surface area contributed by atoms with E-state index in [1.54, 1.807) is 0 Å². The van der Waals surface area contributed by atoms with Crippen molar-refractivity contribution in [2.45, 2.75) is 6.61 Å². The van der Waals surface area contributed by atoms with Crippen molar-refractivity contribution in [2.75, 3.05) is 0 Å². The van der Waals surface area contributed by atoms with Crippen LogP contribution in [0.2, 0.25) is 0 Å². The van der Waals surface area contributed by atoms with E-state index in [-0.39, 0.29) is 0 Å². The van der Waals surface area contributed by atoms with Gasteiger partial charge in [-0.05, 0) is 54.1 Å². The smallest absolute Gasteiger partial charge is 0.162 e. The van der Waals surface area contributed by atoms with Crippen LogP contribution in [0.1, 0.15) is 5.56 Å². The Morgan fingerprint density at radius 2 is 1.57 bits per heavy atom. The van der Waals surface area contributed by atoms with E-state index < -0.39 is 0 Å². The molecule has 0 fully saturated rings. The van der Waals surface area contributed by atoms with Crippen molar-refractivity contribution >= 4 is 11.0 Å². The number of aromatic nitrogens is 3. The van der Waals surface area contributed by atoms with Gasteiger partial charge in [-0.3, -0.25) is 4.57 Å². The van der Waals surface area contributed by atoms with Crippen LogP contribution in [-0.2, 0) is 6.61 Å². The molecule has 0 spiro atoms. The first-order chi connectivity index (χ1) is 13.9. The highest BCUT2D eigenvalue weighted by Crippen LogP contribution is 2.28. The third-order valence-electron chi connectivity index (χ3n) is 4.74. The summed E-state index contributed by atoms with van der Waals surface area (Å²) in [6, 6.07) is 30.5. The molecule has 4 nitrogen and oxygen atoms in total. The topological polar surface area (TPSA) is 42.8 Å². The SMILES string of the molecule is c1ccc(COc2ccc(-n3c(-c4ccc[nH]4)nc4ccccc43)cc2)cc1. The third kappa shape index (κ3) is 3.05. The molecule has 0 atom stereocenters. The molecule has 2 heterocycles. The van der Waals surface area contributed by atoms with Crippen LogP contribution >= 0.6 is 0 Å². The van der Waals surface area contributed by atoms with Gasteiger partial charge in [0.2, 0.25) is 0 Å². The number of H-pyrrole nitrogens is 1. The number of fused-ring (bicyclic) bond motifs is 1. The van der Waals surface area contributed by atoms with Gasteiger partial charge in [0.15, 0.2) is 5.82 Å². The first-order valence-electron chi connectivity index (χ1n) is 9.27. The number of hydrogen-bond acceptors (Lipinski definition) is 2. The zero-order valence-electron chi connectivity index (χ0n) is 15.2. The summed E-state index contributed by atoms with van der Waals surface area (Å²) in [5.41, 5.74) is 5.23. The van der Waals surface area contributed by atoms with Gasteiger partial charge in [-0.1, -0.05) is 42.5 Å². The summed E-state index contributed by atoms with van der Waals surface area (Å²) < 4.78 is 8.09. The van der Waals surface area contributed by atoms with Crippen LogP contribution in [0.3, 0.4) is 0 Å². The Kier molecular flexibility index (Phi) is 4.14. The van der Waals surface area contributed by atoms with E-state index >= 15 is 0 Å². The number of benzene rings is 3. The maximum absolute atomic E-state index is 5.92. The van der Waals surface area contributed by atoms with Gasteiger partial charge in [-0.15, -0.1) is 0 Å². The Labute approximate surface area is 163 Å². The van der Waals surface area contributed by atoms with E-state index in [1.807, 2.05) is 66.9 Å². The summed E-state index contributed by atoms with van der Waals surface area (Å²) in [5.74, 6) is 1.74. The number of rotatable bonds is 5. The average Bonchev–Trinajstić information content (AvgIpc) is 3.41. The number of nitrogens with one attached hydrogen (secondary N) is 1. The standard InChI is InChI=1S/C24H19N3O/c1-2-7-18(8-3-1)17-28-20-14-12-19(13-15-20)27-23-11-5-4-9-21(23)26-24(27)22-10-6-16-25-22/h1-16,25H,17H2. The molecule has 2 aromatic heterocycles. The van der Waals surface area contributed by atoms with Crippen LogP contribution in [0, 0.1) is 0 Å². The molecule has 0 bridgehead atoms. The number of aromatic amines is 1. The lowest BCUT2D eigenvalue weighted by atomic mass is 10.2. The van der Waals surface area contributed by atoms with E-state index in [2.05, 4.69) is 39.9 Å². The maximum Gasteiger partial charge on any atom is 0.162 e. The van der Waals surface area contributed by atoms with Crippen LogP contribution in [0.15, 0.2) is 97.2 Å². The first-order valence-corrected chi connectivity index (χ1v) is 9.27. The Balaban J connectivity index is 1.49. The lowest BCUT2D eigenvalue weighted by molar-refractivity contribution is 0.306. The van der Waals surface area contributed by atoms with E-state index in [9.17, 15) is 0 Å². The molecule has 0 saturated carbocycles.